The van der Waals surface area contributed by atoms with Crippen LogP contribution >= 0.6 is 0 Å². The third kappa shape index (κ3) is 4.03. The lowest BCUT2D eigenvalue weighted by Gasteiger charge is -2.15. The van der Waals surface area contributed by atoms with Crippen LogP contribution in [0.25, 0.3) is 0 Å². The van der Waals surface area contributed by atoms with Gasteiger partial charge in [-0.25, -0.2) is 17.9 Å². The molecule has 0 aliphatic carbocycles. The Kier molecular flexibility index (Phi) is 5.67. The summed E-state index contributed by atoms with van der Waals surface area (Å²) in [5, 5.41) is 17.8. The summed E-state index contributed by atoms with van der Waals surface area (Å²) in [7, 11) is -3.80. The van der Waals surface area contributed by atoms with Gasteiger partial charge in [0.1, 0.15) is 0 Å². The smallest absolute Gasteiger partial charge is 0.335 e. The zero-order valence-electron chi connectivity index (χ0n) is 11.5. The number of aryl methyl sites for hydroxylation is 1. The Morgan fingerprint density at radius 3 is 2.55 bits per heavy atom. The van der Waals surface area contributed by atoms with E-state index in [4.69, 9.17) is 10.2 Å². The molecule has 112 valence electrons. The number of carboxylic acids is 1. The Morgan fingerprint density at radius 1 is 1.40 bits per heavy atom. The molecule has 0 saturated carbocycles. The summed E-state index contributed by atoms with van der Waals surface area (Å²) in [4.78, 5) is 10.9. The second-order valence-electron chi connectivity index (χ2n) is 4.52. The molecule has 0 amide bonds. The van der Waals surface area contributed by atoms with Gasteiger partial charge in [-0.2, -0.15) is 0 Å². The molecule has 6 nitrogen and oxygen atoms in total. The van der Waals surface area contributed by atoms with Gasteiger partial charge in [-0.3, -0.25) is 0 Å². The van der Waals surface area contributed by atoms with E-state index < -0.39 is 22.0 Å². The summed E-state index contributed by atoms with van der Waals surface area (Å²) in [6.07, 6.45) is 0.768. The Morgan fingerprint density at radius 2 is 2.05 bits per heavy atom. The van der Waals surface area contributed by atoms with E-state index in [1.165, 1.54) is 12.1 Å². The maximum absolute atomic E-state index is 12.3. The lowest BCUT2D eigenvalue weighted by atomic mass is 10.1. The van der Waals surface area contributed by atoms with Crippen LogP contribution in [-0.4, -0.2) is 37.2 Å². The van der Waals surface area contributed by atoms with E-state index in [2.05, 4.69) is 4.72 Å². The van der Waals surface area contributed by atoms with Crippen molar-refractivity contribution < 1.29 is 23.4 Å². The minimum Gasteiger partial charge on any atom is -0.478 e. The van der Waals surface area contributed by atoms with Crippen molar-refractivity contribution >= 4 is 16.0 Å². The maximum Gasteiger partial charge on any atom is 0.335 e. The fourth-order valence-corrected chi connectivity index (χ4v) is 3.42. The van der Waals surface area contributed by atoms with Gasteiger partial charge < -0.3 is 10.2 Å². The number of aliphatic hydroxyl groups is 1. The van der Waals surface area contributed by atoms with E-state index in [1.807, 2.05) is 0 Å². The molecule has 0 aliphatic rings. The first-order chi connectivity index (χ1) is 9.31. The zero-order chi connectivity index (χ0) is 15.3. The van der Waals surface area contributed by atoms with Crippen LogP contribution in [0.2, 0.25) is 0 Å². The van der Waals surface area contributed by atoms with Gasteiger partial charge in [0.15, 0.2) is 0 Å². The molecule has 0 heterocycles. The minimum atomic E-state index is -3.80. The Labute approximate surface area is 118 Å². The monoisotopic (exact) mass is 301 g/mol. The number of hydrogen-bond donors (Lipinski definition) is 3. The normalized spacial score (nSPS) is 13.2. The first-order valence-electron chi connectivity index (χ1n) is 6.31. The van der Waals surface area contributed by atoms with Crippen molar-refractivity contribution in [3.05, 3.63) is 29.3 Å². The molecule has 1 aromatic carbocycles. The molecule has 1 rings (SSSR count). The molecular formula is C13H19NO5S. The Bertz CT molecular complexity index is 582. The van der Waals surface area contributed by atoms with Crippen molar-refractivity contribution in [3.8, 4) is 0 Å². The minimum absolute atomic E-state index is 0.0234. The van der Waals surface area contributed by atoms with Crippen LogP contribution in [0.15, 0.2) is 23.1 Å². The summed E-state index contributed by atoms with van der Waals surface area (Å²) >= 11 is 0. The molecule has 0 saturated heterocycles. The highest BCUT2D eigenvalue weighted by atomic mass is 32.2. The lowest BCUT2D eigenvalue weighted by molar-refractivity contribution is 0.0696. The molecule has 0 aliphatic heterocycles. The molecule has 3 N–H and O–H groups in total. The van der Waals surface area contributed by atoms with Crippen molar-refractivity contribution in [2.45, 2.75) is 37.6 Å². The van der Waals surface area contributed by atoms with E-state index in [9.17, 15) is 13.2 Å². The van der Waals surface area contributed by atoms with Gasteiger partial charge in [-0.05, 0) is 37.5 Å². The second-order valence-corrected chi connectivity index (χ2v) is 6.20. The highest BCUT2D eigenvalue weighted by Crippen LogP contribution is 2.19. The van der Waals surface area contributed by atoms with Gasteiger partial charge in [0.05, 0.1) is 10.5 Å². The quantitative estimate of drug-likeness (QED) is 0.697. The molecule has 0 aromatic heterocycles. The van der Waals surface area contributed by atoms with E-state index >= 15 is 0 Å². The zero-order valence-corrected chi connectivity index (χ0v) is 12.3. The number of sulfonamides is 1. The van der Waals surface area contributed by atoms with Crippen LogP contribution in [0.3, 0.4) is 0 Å². The van der Waals surface area contributed by atoms with Gasteiger partial charge in [-0.1, -0.05) is 13.0 Å². The second kappa shape index (κ2) is 6.83. The van der Waals surface area contributed by atoms with Gasteiger partial charge in [0.25, 0.3) is 0 Å². The number of aromatic carboxylic acids is 1. The molecule has 1 unspecified atom stereocenters. The topological polar surface area (TPSA) is 104 Å². The third-order valence-corrected chi connectivity index (χ3v) is 4.57. The first-order valence-corrected chi connectivity index (χ1v) is 7.79. The Balaban J connectivity index is 3.21. The van der Waals surface area contributed by atoms with E-state index in [0.29, 0.717) is 18.4 Å². The predicted octanol–water partition coefficient (Wildman–Crippen LogP) is 0.996. The van der Waals surface area contributed by atoms with Gasteiger partial charge in [0, 0.05) is 12.6 Å². The molecule has 1 aromatic rings. The van der Waals surface area contributed by atoms with Crippen LogP contribution in [-0.2, 0) is 16.4 Å². The highest BCUT2D eigenvalue weighted by Gasteiger charge is 2.21. The van der Waals surface area contributed by atoms with Crippen molar-refractivity contribution in [2.75, 3.05) is 6.61 Å². The van der Waals surface area contributed by atoms with Crippen LogP contribution < -0.4 is 4.72 Å². The number of aliphatic hydroxyl groups excluding tert-OH is 1. The average Bonchev–Trinajstić information content (AvgIpc) is 2.37. The van der Waals surface area contributed by atoms with E-state index in [1.54, 1.807) is 13.8 Å². The molecule has 0 bridgehead atoms. The van der Waals surface area contributed by atoms with Crippen molar-refractivity contribution in [1.82, 2.24) is 4.72 Å². The first kappa shape index (κ1) is 16.6. The predicted molar refractivity (Wildman–Crippen MR) is 74.3 cm³/mol. The summed E-state index contributed by atoms with van der Waals surface area (Å²) < 4.78 is 27.0. The van der Waals surface area contributed by atoms with E-state index in [0.717, 1.165) is 6.07 Å². The van der Waals surface area contributed by atoms with Gasteiger partial charge in [-0.15, -0.1) is 0 Å². The number of carbonyl (C=O) groups is 1. The molecule has 0 spiro atoms. The number of rotatable bonds is 7. The third-order valence-electron chi connectivity index (χ3n) is 2.90. The summed E-state index contributed by atoms with van der Waals surface area (Å²) in [5.74, 6) is -1.17. The average molecular weight is 301 g/mol. The number of hydrogen-bond acceptors (Lipinski definition) is 4. The fraction of sp³-hybridized carbons (Fsp3) is 0.462. The summed E-state index contributed by atoms with van der Waals surface area (Å²) in [6, 6.07) is 3.63. The molecular weight excluding hydrogens is 282 g/mol. The van der Waals surface area contributed by atoms with Crippen LogP contribution in [0, 0.1) is 0 Å². The van der Waals surface area contributed by atoms with Crippen LogP contribution in [0.1, 0.15) is 36.2 Å². The van der Waals surface area contributed by atoms with Crippen LogP contribution in [0.4, 0.5) is 0 Å². The largest absolute Gasteiger partial charge is 0.478 e. The molecule has 0 radical (unpaired) electrons. The van der Waals surface area contributed by atoms with Gasteiger partial charge >= 0.3 is 5.97 Å². The van der Waals surface area contributed by atoms with Crippen molar-refractivity contribution in [3.63, 3.8) is 0 Å². The summed E-state index contributed by atoms with van der Waals surface area (Å²) in [6.45, 7) is 3.31. The SMILES string of the molecule is CCc1ccc(C(=O)O)cc1S(=O)(=O)NC(C)CCO. The molecule has 0 fully saturated rings. The standard InChI is InChI=1S/C13H19NO5S/c1-3-10-4-5-11(13(16)17)8-12(10)20(18,19)14-9(2)6-7-15/h4-5,8-9,14-15H,3,6-7H2,1-2H3,(H,16,17). The lowest BCUT2D eigenvalue weighted by Crippen LogP contribution is -2.33. The fourth-order valence-electron chi connectivity index (χ4n) is 1.81. The van der Waals surface area contributed by atoms with Gasteiger partial charge in [0.2, 0.25) is 10.0 Å². The highest BCUT2D eigenvalue weighted by molar-refractivity contribution is 7.89. The Hall–Kier alpha value is -1.44. The number of carboxylic acid groups (broad SMARTS) is 1. The maximum atomic E-state index is 12.3. The molecule has 20 heavy (non-hydrogen) atoms. The molecule has 7 heteroatoms. The summed E-state index contributed by atoms with van der Waals surface area (Å²) in [5.41, 5.74) is 0.482. The van der Waals surface area contributed by atoms with Crippen molar-refractivity contribution in [1.29, 1.82) is 0 Å². The number of benzene rings is 1. The van der Waals surface area contributed by atoms with Crippen molar-refractivity contribution in [2.24, 2.45) is 0 Å². The molecule has 1 atom stereocenters. The van der Waals surface area contributed by atoms with E-state index in [-0.39, 0.29) is 17.1 Å². The van der Waals surface area contributed by atoms with Crippen LogP contribution in [0.5, 0.6) is 0 Å². The number of nitrogens with one attached hydrogen (secondary N) is 1.